The van der Waals surface area contributed by atoms with Crippen LogP contribution >= 0.6 is 27.5 Å². The molecule has 5 heteroatoms. The van der Waals surface area contributed by atoms with Gasteiger partial charge in [-0.2, -0.15) is 0 Å². The summed E-state index contributed by atoms with van der Waals surface area (Å²) in [6.07, 6.45) is 0. The van der Waals surface area contributed by atoms with Crippen molar-refractivity contribution < 1.29 is 9.13 Å². The number of nitrogen functional groups attached to an aromatic ring is 1. The van der Waals surface area contributed by atoms with E-state index in [4.69, 9.17) is 22.1 Å². The van der Waals surface area contributed by atoms with Crippen molar-refractivity contribution in [2.75, 3.05) is 5.73 Å². The number of hydrogen-bond acceptors (Lipinski definition) is 2. The van der Waals surface area contributed by atoms with Gasteiger partial charge in [0.25, 0.3) is 0 Å². The van der Waals surface area contributed by atoms with Crippen molar-refractivity contribution in [3.63, 3.8) is 0 Å². The van der Waals surface area contributed by atoms with Gasteiger partial charge in [0.1, 0.15) is 18.2 Å². The van der Waals surface area contributed by atoms with Crippen molar-refractivity contribution in [3.8, 4) is 5.75 Å². The van der Waals surface area contributed by atoms with E-state index < -0.39 is 0 Å². The summed E-state index contributed by atoms with van der Waals surface area (Å²) in [5.74, 6) is 0.254. The number of ether oxygens (including phenoxy) is 1. The SMILES string of the molecule is Nc1cccc(OCc2ccc(F)cc2Cl)c1Br. The van der Waals surface area contributed by atoms with Crippen LogP contribution < -0.4 is 10.5 Å². The summed E-state index contributed by atoms with van der Waals surface area (Å²) in [5.41, 5.74) is 7.05. The molecule has 0 saturated carbocycles. The lowest BCUT2D eigenvalue weighted by atomic mass is 10.2. The molecule has 2 nitrogen and oxygen atoms in total. The predicted octanol–water partition coefficient (Wildman–Crippen LogP) is 4.40. The van der Waals surface area contributed by atoms with Crippen LogP contribution in [0.15, 0.2) is 40.9 Å². The van der Waals surface area contributed by atoms with Gasteiger partial charge < -0.3 is 10.5 Å². The summed E-state index contributed by atoms with van der Waals surface area (Å²) in [4.78, 5) is 0. The van der Waals surface area contributed by atoms with Crippen LogP contribution in [0.2, 0.25) is 5.02 Å². The fourth-order valence-corrected chi connectivity index (χ4v) is 2.03. The van der Waals surface area contributed by atoms with E-state index in [9.17, 15) is 4.39 Å². The molecule has 0 aliphatic carbocycles. The lowest BCUT2D eigenvalue weighted by molar-refractivity contribution is 0.304. The Labute approximate surface area is 118 Å². The molecule has 0 radical (unpaired) electrons. The van der Waals surface area contributed by atoms with Gasteiger partial charge in [0.2, 0.25) is 0 Å². The Kier molecular flexibility index (Phi) is 4.09. The molecule has 2 aromatic carbocycles. The standard InChI is InChI=1S/C13H10BrClFNO/c14-13-11(17)2-1-3-12(13)18-7-8-4-5-9(16)6-10(8)15/h1-6H,7,17H2. The number of anilines is 1. The Morgan fingerprint density at radius 2 is 2.06 bits per heavy atom. The fourth-order valence-electron chi connectivity index (χ4n) is 1.43. The van der Waals surface area contributed by atoms with Gasteiger partial charge in [-0.05, 0) is 40.2 Å². The Hall–Kier alpha value is -1.26. The highest BCUT2D eigenvalue weighted by molar-refractivity contribution is 9.10. The van der Waals surface area contributed by atoms with Crippen LogP contribution in [0, 0.1) is 5.82 Å². The maximum Gasteiger partial charge on any atom is 0.136 e. The van der Waals surface area contributed by atoms with Crippen LogP contribution in [0.3, 0.4) is 0 Å². The van der Waals surface area contributed by atoms with Gasteiger partial charge >= 0.3 is 0 Å². The third-order valence-corrected chi connectivity index (χ3v) is 3.59. The summed E-state index contributed by atoms with van der Waals surface area (Å²) in [6, 6.07) is 9.55. The molecule has 0 spiro atoms. The van der Waals surface area contributed by atoms with Crippen LogP contribution in [0.4, 0.5) is 10.1 Å². The second-order valence-electron chi connectivity index (χ2n) is 3.68. The van der Waals surface area contributed by atoms with Crippen LogP contribution in [0.25, 0.3) is 0 Å². The van der Waals surface area contributed by atoms with Gasteiger partial charge in [0, 0.05) is 11.3 Å². The molecule has 0 heterocycles. The molecular formula is C13H10BrClFNO. The zero-order valence-electron chi connectivity index (χ0n) is 9.29. The quantitative estimate of drug-likeness (QED) is 0.846. The Bertz CT molecular complexity index is 577. The molecule has 0 aromatic heterocycles. The molecular weight excluding hydrogens is 321 g/mol. The third-order valence-electron chi connectivity index (χ3n) is 2.39. The van der Waals surface area contributed by atoms with Gasteiger partial charge in [-0.15, -0.1) is 0 Å². The predicted molar refractivity (Wildman–Crippen MR) is 74.3 cm³/mol. The van der Waals surface area contributed by atoms with Gasteiger partial charge in [0.05, 0.1) is 9.50 Å². The second kappa shape index (κ2) is 5.59. The Morgan fingerprint density at radius 1 is 1.28 bits per heavy atom. The number of halogens is 3. The molecule has 0 amide bonds. The number of benzene rings is 2. The minimum absolute atomic E-state index is 0.251. The van der Waals surface area contributed by atoms with Crippen molar-refractivity contribution >= 4 is 33.2 Å². The van der Waals surface area contributed by atoms with E-state index in [1.807, 2.05) is 0 Å². The fraction of sp³-hybridized carbons (Fsp3) is 0.0769. The Morgan fingerprint density at radius 3 is 2.78 bits per heavy atom. The van der Waals surface area contributed by atoms with E-state index >= 15 is 0 Å². The van der Waals surface area contributed by atoms with Crippen LogP contribution in [0.5, 0.6) is 5.75 Å². The minimum atomic E-state index is -0.367. The highest BCUT2D eigenvalue weighted by Crippen LogP contribution is 2.31. The monoisotopic (exact) mass is 329 g/mol. The molecule has 0 unspecified atom stereocenters. The van der Waals surface area contributed by atoms with Gasteiger partial charge in [0.15, 0.2) is 0 Å². The largest absolute Gasteiger partial charge is 0.488 e. The van der Waals surface area contributed by atoms with Crippen molar-refractivity contribution in [2.45, 2.75) is 6.61 Å². The molecule has 0 fully saturated rings. The lowest BCUT2D eigenvalue weighted by Gasteiger charge is -2.10. The minimum Gasteiger partial charge on any atom is -0.488 e. The van der Waals surface area contributed by atoms with Crippen LogP contribution in [0.1, 0.15) is 5.56 Å². The van der Waals surface area contributed by atoms with Crippen LogP contribution in [-0.2, 0) is 6.61 Å². The normalized spacial score (nSPS) is 10.4. The molecule has 2 aromatic rings. The third kappa shape index (κ3) is 2.94. The summed E-state index contributed by atoms with van der Waals surface area (Å²) < 4.78 is 19.2. The van der Waals surface area contributed by atoms with Gasteiger partial charge in [-0.25, -0.2) is 4.39 Å². The first-order chi connectivity index (χ1) is 8.58. The second-order valence-corrected chi connectivity index (χ2v) is 4.88. The summed E-state index contributed by atoms with van der Waals surface area (Å²) in [7, 11) is 0. The molecule has 0 aliphatic heterocycles. The molecule has 0 saturated heterocycles. The number of nitrogens with two attached hydrogens (primary N) is 1. The smallest absolute Gasteiger partial charge is 0.136 e. The number of hydrogen-bond donors (Lipinski definition) is 1. The average molecular weight is 331 g/mol. The first kappa shape index (κ1) is 13.2. The topological polar surface area (TPSA) is 35.2 Å². The van der Waals surface area contributed by atoms with Crippen LogP contribution in [-0.4, -0.2) is 0 Å². The zero-order chi connectivity index (χ0) is 13.1. The van der Waals surface area contributed by atoms with Crippen molar-refractivity contribution in [3.05, 3.63) is 57.3 Å². The first-order valence-electron chi connectivity index (χ1n) is 5.18. The number of rotatable bonds is 3. The maximum atomic E-state index is 12.9. The molecule has 18 heavy (non-hydrogen) atoms. The maximum absolute atomic E-state index is 12.9. The molecule has 0 bridgehead atoms. The highest BCUT2D eigenvalue weighted by Gasteiger charge is 2.06. The summed E-state index contributed by atoms with van der Waals surface area (Å²) >= 11 is 9.25. The lowest BCUT2D eigenvalue weighted by Crippen LogP contribution is -1.98. The summed E-state index contributed by atoms with van der Waals surface area (Å²) in [5, 5.41) is 0.343. The van der Waals surface area contributed by atoms with E-state index in [1.165, 1.54) is 12.1 Å². The van der Waals surface area contributed by atoms with Gasteiger partial charge in [-0.3, -0.25) is 0 Å². The van der Waals surface area contributed by atoms with E-state index in [2.05, 4.69) is 15.9 Å². The van der Waals surface area contributed by atoms with Gasteiger partial charge in [-0.1, -0.05) is 23.7 Å². The molecule has 2 N–H and O–H groups in total. The van der Waals surface area contributed by atoms with E-state index in [-0.39, 0.29) is 12.4 Å². The molecule has 2 rings (SSSR count). The first-order valence-corrected chi connectivity index (χ1v) is 6.35. The molecule has 0 aliphatic rings. The van der Waals surface area contributed by atoms with E-state index in [0.717, 1.165) is 0 Å². The molecule has 0 atom stereocenters. The average Bonchev–Trinajstić information content (AvgIpc) is 2.33. The van der Waals surface area contributed by atoms with Crippen molar-refractivity contribution in [1.82, 2.24) is 0 Å². The van der Waals surface area contributed by atoms with Crippen molar-refractivity contribution in [2.24, 2.45) is 0 Å². The zero-order valence-corrected chi connectivity index (χ0v) is 11.6. The molecule has 94 valence electrons. The van der Waals surface area contributed by atoms with E-state index in [0.29, 0.717) is 26.5 Å². The summed E-state index contributed by atoms with van der Waals surface area (Å²) in [6.45, 7) is 0.251. The highest BCUT2D eigenvalue weighted by atomic mass is 79.9. The van der Waals surface area contributed by atoms with Crippen molar-refractivity contribution in [1.29, 1.82) is 0 Å². The Balaban J connectivity index is 2.14. The van der Waals surface area contributed by atoms with E-state index in [1.54, 1.807) is 24.3 Å².